The molecule has 2 saturated heterocycles. The van der Waals surface area contributed by atoms with Crippen LogP contribution in [0.5, 0.6) is 0 Å². The zero-order valence-corrected chi connectivity index (χ0v) is 15.6. The first-order chi connectivity index (χ1) is 12.7. The number of hydrogen-bond acceptors (Lipinski definition) is 6. The van der Waals surface area contributed by atoms with Gasteiger partial charge in [-0.25, -0.2) is 0 Å². The third kappa shape index (κ3) is 3.40. The van der Waals surface area contributed by atoms with E-state index in [1.807, 2.05) is 4.90 Å². The molecule has 0 bridgehead atoms. The lowest BCUT2D eigenvalue weighted by atomic mass is 9.61. The molecule has 26 heavy (non-hydrogen) atoms. The minimum absolute atomic E-state index is 0.0250. The highest BCUT2D eigenvalue weighted by atomic mass is 16.5. The number of likely N-dealkylation sites (tertiary alicyclic amines) is 1. The van der Waals surface area contributed by atoms with Gasteiger partial charge in [-0.05, 0) is 31.6 Å². The zero-order chi connectivity index (χ0) is 18.0. The molecule has 3 atom stereocenters. The van der Waals surface area contributed by atoms with Crippen LogP contribution in [0.2, 0.25) is 0 Å². The van der Waals surface area contributed by atoms with Gasteiger partial charge >= 0.3 is 0 Å². The van der Waals surface area contributed by atoms with Gasteiger partial charge in [0.1, 0.15) is 6.26 Å². The molecule has 2 aliphatic heterocycles. The number of nitrogens with zero attached hydrogens (tertiary/aromatic N) is 3. The van der Waals surface area contributed by atoms with Crippen molar-refractivity contribution in [3.8, 4) is 0 Å². The SMILES string of the molecule is COC[C@@]12CC[C@@H](N3CCOCC3)C[C@H]1CCN(C(=O)c1ccon1)C2. The van der Waals surface area contributed by atoms with Crippen LogP contribution in [0.3, 0.4) is 0 Å². The lowest BCUT2D eigenvalue weighted by molar-refractivity contribution is -0.0793. The van der Waals surface area contributed by atoms with E-state index in [2.05, 4.69) is 10.1 Å². The molecule has 7 heteroatoms. The number of ether oxygens (including phenoxy) is 2. The van der Waals surface area contributed by atoms with Gasteiger partial charge in [-0.1, -0.05) is 5.16 Å². The number of amides is 1. The first-order valence-corrected chi connectivity index (χ1v) is 9.72. The van der Waals surface area contributed by atoms with E-state index in [0.717, 1.165) is 58.8 Å². The number of rotatable bonds is 4. The van der Waals surface area contributed by atoms with Crippen LogP contribution in [0.15, 0.2) is 16.9 Å². The van der Waals surface area contributed by atoms with Crippen LogP contribution in [-0.2, 0) is 9.47 Å². The fraction of sp³-hybridized carbons (Fsp3) is 0.789. The molecule has 0 N–H and O–H groups in total. The maximum Gasteiger partial charge on any atom is 0.276 e. The number of hydrogen-bond donors (Lipinski definition) is 0. The Labute approximate surface area is 154 Å². The molecule has 0 aromatic carbocycles. The Kier molecular flexibility index (Phi) is 5.29. The highest BCUT2D eigenvalue weighted by Crippen LogP contribution is 2.48. The number of morpholine rings is 1. The van der Waals surface area contributed by atoms with Crippen LogP contribution in [0.25, 0.3) is 0 Å². The quantitative estimate of drug-likeness (QED) is 0.810. The van der Waals surface area contributed by atoms with Gasteiger partial charge < -0.3 is 18.9 Å². The largest absolute Gasteiger partial charge is 0.384 e. The van der Waals surface area contributed by atoms with Crippen molar-refractivity contribution >= 4 is 5.91 Å². The van der Waals surface area contributed by atoms with Crippen molar-refractivity contribution < 1.29 is 18.8 Å². The molecule has 1 saturated carbocycles. The summed E-state index contributed by atoms with van der Waals surface area (Å²) in [7, 11) is 1.78. The molecule has 4 rings (SSSR count). The summed E-state index contributed by atoms with van der Waals surface area (Å²) < 4.78 is 16.0. The Bertz CT molecular complexity index is 602. The van der Waals surface area contributed by atoms with E-state index >= 15 is 0 Å². The molecule has 3 aliphatic rings. The van der Waals surface area contributed by atoms with E-state index in [4.69, 9.17) is 14.0 Å². The number of methoxy groups -OCH3 is 1. The smallest absolute Gasteiger partial charge is 0.276 e. The lowest BCUT2D eigenvalue weighted by Crippen LogP contribution is -2.58. The van der Waals surface area contributed by atoms with Gasteiger partial charge in [-0.15, -0.1) is 0 Å². The maximum atomic E-state index is 12.7. The third-order valence-corrected chi connectivity index (χ3v) is 6.59. The van der Waals surface area contributed by atoms with E-state index in [1.165, 1.54) is 19.1 Å². The zero-order valence-electron chi connectivity index (χ0n) is 15.6. The molecule has 1 aliphatic carbocycles. The van der Waals surface area contributed by atoms with Crippen LogP contribution >= 0.6 is 0 Å². The number of carbonyl (C=O) groups is 1. The second kappa shape index (κ2) is 7.66. The third-order valence-electron chi connectivity index (χ3n) is 6.59. The topological polar surface area (TPSA) is 68.0 Å². The molecule has 0 unspecified atom stereocenters. The van der Waals surface area contributed by atoms with Crippen molar-refractivity contribution in [2.75, 3.05) is 53.1 Å². The number of piperidine rings is 1. The van der Waals surface area contributed by atoms with E-state index in [1.54, 1.807) is 13.2 Å². The van der Waals surface area contributed by atoms with Gasteiger partial charge in [0.25, 0.3) is 5.91 Å². The second-order valence-corrected chi connectivity index (χ2v) is 7.97. The highest BCUT2D eigenvalue weighted by molar-refractivity contribution is 5.92. The van der Waals surface area contributed by atoms with Gasteiger partial charge in [0.2, 0.25) is 0 Å². The van der Waals surface area contributed by atoms with Crippen molar-refractivity contribution in [2.24, 2.45) is 11.3 Å². The van der Waals surface area contributed by atoms with Crippen molar-refractivity contribution in [1.82, 2.24) is 15.0 Å². The van der Waals surface area contributed by atoms with Crippen molar-refractivity contribution in [2.45, 2.75) is 31.7 Å². The molecule has 3 heterocycles. The van der Waals surface area contributed by atoms with Crippen molar-refractivity contribution in [1.29, 1.82) is 0 Å². The predicted octanol–water partition coefficient (Wildman–Crippen LogP) is 1.65. The molecule has 3 fully saturated rings. The molecule has 1 aromatic rings. The molecule has 1 amide bonds. The van der Waals surface area contributed by atoms with E-state index in [9.17, 15) is 4.79 Å². The fourth-order valence-corrected chi connectivity index (χ4v) is 5.21. The Morgan fingerprint density at radius 2 is 2.19 bits per heavy atom. The number of aromatic nitrogens is 1. The summed E-state index contributed by atoms with van der Waals surface area (Å²) in [4.78, 5) is 17.3. The Balaban J connectivity index is 1.46. The average Bonchev–Trinajstić information content (AvgIpc) is 3.22. The van der Waals surface area contributed by atoms with Crippen LogP contribution in [-0.4, -0.2) is 80.0 Å². The minimum Gasteiger partial charge on any atom is -0.384 e. The average molecular weight is 363 g/mol. The molecule has 7 nitrogen and oxygen atoms in total. The molecule has 0 radical (unpaired) electrons. The molecular formula is C19H29N3O4. The monoisotopic (exact) mass is 363 g/mol. The predicted molar refractivity (Wildman–Crippen MR) is 94.9 cm³/mol. The number of carbonyl (C=O) groups excluding carboxylic acids is 1. The summed E-state index contributed by atoms with van der Waals surface area (Å²) in [5.41, 5.74) is 0.466. The Morgan fingerprint density at radius 1 is 1.35 bits per heavy atom. The van der Waals surface area contributed by atoms with Crippen LogP contribution in [0.4, 0.5) is 0 Å². The first-order valence-electron chi connectivity index (χ1n) is 9.72. The van der Waals surface area contributed by atoms with Gasteiger partial charge in [-0.2, -0.15) is 0 Å². The van der Waals surface area contributed by atoms with Gasteiger partial charge in [0, 0.05) is 50.8 Å². The summed E-state index contributed by atoms with van der Waals surface area (Å²) in [6.45, 7) is 6.06. The van der Waals surface area contributed by atoms with Crippen LogP contribution < -0.4 is 0 Å². The normalized spacial score (nSPS) is 33.0. The Morgan fingerprint density at radius 3 is 2.92 bits per heavy atom. The lowest BCUT2D eigenvalue weighted by Gasteiger charge is -2.54. The summed E-state index contributed by atoms with van der Waals surface area (Å²) in [6.07, 6.45) is 5.98. The molecule has 144 valence electrons. The maximum absolute atomic E-state index is 12.7. The van der Waals surface area contributed by atoms with E-state index in [0.29, 0.717) is 17.7 Å². The van der Waals surface area contributed by atoms with Crippen LogP contribution in [0, 0.1) is 11.3 Å². The van der Waals surface area contributed by atoms with Crippen molar-refractivity contribution in [3.63, 3.8) is 0 Å². The molecule has 0 spiro atoms. The second-order valence-electron chi connectivity index (χ2n) is 7.97. The molecule has 1 aromatic heterocycles. The van der Waals surface area contributed by atoms with E-state index in [-0.39, 0.29) is 11.3 Å². The highest BCUT2D eigenvalue weighted by Gasteiger charge is 2.49. The van der Waals surface area contributed by atoms with Gasteiger partial charge in [-0.3, -0.25) is 9.69 Å². The van der Waals surface area contributed by atoms with Crippen molar-refractivity contribution in [3.05, 3.63) is 18.0 Å². The molecular weight excluding hydrogens is 334 g/mol. The standard InChI is InChI=1S/C19H29N3O4/c1-24-14-19-5-2-16(21-7-10-25-11-8-21)12-15(19)3-6-22(13-19)18(23)17-4-9-26-20-17/h4,9,15-16H,2-3,5-8,10-14H2,1H3/t15-,16-,19+/m1/s1. The van der Waals surface area contributed by atoms with Gasteiger partial charge in [0.15, 0.2) is 5.69 Å². The Hall–Kier alpha value is -1.44. The summed E-state index contributed by atoms with van der Waals surface area (Å²) in [5, 5.41) is 3.82. The minimum atomic E-state index is -0.0250. The van der Waals surface area contributed by atoms with E-state index < -0.39 is 0 Å². The van der Waals surface area contributed by atoms with Gasteiger partial charge in [0.05, 0.1) is 19.8 Å². The summed E-state index contributed by atoms with van der Waals surface area (Å²) in [6, 6.07) is 2.29. The van der Waals surface area contributed by atoms with Crippen LogP contribution in [0.1, 0.15) is 36.2 Å². The summed E-state index contributed by atoms with van der Waals surface area (Å²) >= 11 is 0. The summed E-state index contributed by atoms with van der Waals surface area (Å²) in [5.74, 6) is 0.577. The fourth-order valence-electron chi connectivity index (χ4n) is 5.21. The number of fused-ring (bicyclic) bond motifs is 1. The first kappa shape index (κ1) is 17.9.